The molecule has 0 radical (unpaired) electrons. The predicted octanol–water partition coefficient (Wildman–Crippen LogP) is 3.20. The summed E-state index contributed by atoms with van der Waals surface area (Å²) < 4.78 is 0.900. The van der Waals surface area contributed by atoms with Crippen molar-refractivity contribution >= 4 is 27.7 Å². The standard InChI is InChI=1S/C14H26BrN5/c1-5-7-17-14-18-10-12(15)13(19-14)16-8-6-9-20(4)11(2)3/h10-11H,5-9H2,1-4H3,(H2,16,17,18,19). The molecule has 0 unspecified atom stereocenters. The summed E-state index contributed by atoms with van der Waals surface area (Å²) in [6.07, 6.45) is 3.93. The van der Waals surface area contributed by atoms with Gasteiger partial charge in [-0.15, -0.1) is 0 Å². The van der Waals surface area contributed by atoms with Crippen molar-refractivity contribution in [1.82, 2.24) is 14.9 Å². The lowest BCUT2D eigenvalue weighted by atomic mass is 10.3. The molecule has 5 nitrogen and oxygen atoms in total. The maximum atomic E-state index is 4.47. The molecule has 0 bridgehead atoms. The highest BCUT2D eigenvalue weighted by atomic mass is 79.9. The number of nitrogens with one attached hydrogen (secondary N) is 2. The van der Waals surface area contributed by atoms with E-state index in [1.54, 1.807) is 6.20 Å². The van der Waals surface area contributed by atoms with E-state index in [1.165, 1.54) is 0 Å². The molecule has 6 heteroatoms. The van der Waals surface area contributed by atoms with Crippen molar-refractivity contribution in [3.63, 3.8) is 0 Å². The smallest absolute Gasteiger partial charge is 0.224 e. The number of halogens is 1. The van der Waals surface area contributed by atoms with Crippen LogP contribution in [0.3, 0.4) is 0 Å². The third-order valence-electron chi connectivity index (χ3n) is 3.14. The molecule has 0 aromatic carbocycles. The molecule has 0 fully saturated rings. The molecule has 0 aliphatic rings. The first-order valence-electron chi connectivity index (χ1n) is 7.25. The SMILES string of the molecule is CCCNc1ncc(Br)c(NCCCN(C)C(C)C)n1. The van der Waals surface area contributed by atoms with Crippen molar-refractivity contribution in [2.75, 3.05) is 37.3 Å². The Balaban J connectivity index is 2.42. The van der Waals surface area contributed by atoms with E-state index in [0.717, 1.165) is 42.8 Å². The summed E-state index contributed by atoms with van der Waals surface area (Å²) in [7, 11) is 2.15. The summed E-state index contributed by atoms with van der Waals surface area (Å²) in [4.78, 5) is 11.0. The number of nitrogens with zero attached hydrogens (tertiary/aromatic N) is 3. The minimum atomic E-state index is 0.589. The van der Waals surface area contributed by atoms with Gasteiger partial charge < -0.3 is 15.5 Å². The second-order valence-electron chi connectivity index (χ2n) is 5.17. The maximum absolute atomic E-state index is 4.47. The van der Waals surface area contributed by atoms with Gasteiger partial charge in [-0.25, -0.2) is 4.98 Å². The van der Waals surface area contributed by atoms with E-state index in [4.69, 9.17) is 0 Å². The number of rotatable bonds is 9. The number of anilines is 2. The van der Waals surface area contributed by atoms with Gasteiger partial charge in [0.2, 0.25) is 5.95 Å². The molecule has 1 heterocycles. The fourth-order valence-electron chi connectivity index (χ4n) is 1.61. The van der Waals surface area contributed by atoms with E-state index in [-0.39, 0.29) is 0 Å². The van der Waals surface area contributed by atoms with Gasteiger partial charge in [-0.1, -0.05) is 6.92 Å². The summed E-state index contributed by atoms with van der Waals surface area (Å²) in [5, 5.41) is 6.55. The molecule has 2 N–H and O–H groups in total. The van der Waals surface area contributed by atoms with E-state index >= 15 is 0 Å². The Hall–Kier alpha value is -0.880. The Morgan fingerprint density at radius 3 is 2.70 bits per heavy atom. The first kappa shape index (κ1) is 17.2. The predicted molar refractivity (Wildman–Crippen MR) is 89.4 cm³/mol. The fraction of sp³-hybridized carbons (Fsp3) is 0.714. The van der Waals surface area contributed by atoms with Gasteiger partial charge >= 0.3 is 0 Å². The third-order valence-corrected chi connectivity index (χ3v) is 3.72. The van der Waals surface area contributed by atoms with Crippen LogP contribution in [0.1, 0.15) is 33.6 Å². The zero-order valence-electron chi connectivity index (χ0n) is 12.9. The lowest BCUT2D eigenvalue weighted by molar-refractivity contribution is 0.273. The lowest BCUT2D eigenvalue weighted by Gasteiger charge is -2.20. The molecule has 0 spiro atoms. The van der Waals surface area contributed by atoms with Crippen LogP contribution in [0.4, 0.5) is 11.8 Å². The summed E-state index contributed by atoms with van der Waals surface area (Å²) in [5.41, 5.74) is 0. The first-order valence-corrected chi connectivity index (χ1v) is 8.04. The van der Waals surface area contributed by atoms with Crippen LogP contribution in [-0.4, -0.2) is 47.6 Å². The average Bonchev–Trinajstić information content (AvgIpc) is 2.43. The van der Waals surface area contributed by atoms with E-state index in [2.05, 4.69) is 69.3 Å². The second kappa shape index (κ2) is 9.13. The zero-order chi connectivity index (χ0) is 15.0. The van der Waals surface area contributed by atoms with Crippen molar-refractivity contribution in [2.24, 2.45) is 0 Å². The molecule has 0 aliphatic heterocycles. The molecule has 0 aliphatic carbocycles. The Morgan fingerprint density at radius 1 is 1.30 bits per heavy atom. The molecule has 0 saturated carbocycles. The first-order chi connectivity index (χ1) is 9.54. The Kier molecular flexibility index (Phi) is 7.84. The van der Waals surface area contributed by atoms with Gasteiger partial charge in [0.15, 0.2) is 0 Å². The molecule has 114 valence electrons. The number of hydrogen-bond donors (Lipinski definition) is 2. The van der Waals surface area contributed by atoms with Gasteiger partial charge in [0.05, 0.1) is 4.47 Å². The van der Waals surface area contributed by atoms with Crippen LogP contribution in [0.15, 0.2) is 10.7 Å². The summed E-state index contributed by atoms with van der Waals surface area (Å²) in [6.45, 7) is 9.41. The van der Waals surface area contributed by atoms with Gasteiger partial charge in [0, 0.05) is 25.3 Å². The summed E-state index contributed by atoms with van der Waals surface area (Å²) in [6, 6.07) is 0.589. The van der Waals surface area contributed by atoms with Crippen molar-refractivity contribution in [2.45, 2.75) is 39.7 Å². The van der Waals surface area contributed by atoms with E-state index in [9.17, 15) is 0 Å². The van der Waals surface area contributed by atoms with E-state index in [0.29, 0.717) is 12.0 Å². The highest BCUT2D eigenvalue weighted by Gasteiger charge is 2.05. The molecule has 20 heavy (non-hydrogen) atoms. The molecule has 0 amide bonds. The van der Waals surface area contributed by atoms with Gasteiger partial charge in [0.1, 0.15) is 5.82 Å². The Bertz CT molecular complexity index is 397. The molecule has 0 atom stereocenters. The van der Waals surface area contributed by atoms with Gasteiger partial charge in [-0.2, -0.15) is 4.98 Å². The Morgan fingerprint density at radius 2 is 2.05 bits per heavy atom. The minimum absolute atomic E-state index is 0.589. The molecule has 1 aromatic heterocycles. The van der Waals surface area contributed by atoms with Crippen molar-refractivity contribution < 1.29 is 0 Å². The minimum Gasteiger partial charge on any atom is -0.369 e. The highest BCUT2D eigenvalue weighted by Crippen LogP contribution is 2.20. The monoisotopic (exact) mass is 343 g/mol. The van der Waals surface area contributed by atoms with Crippen LogP contribution < -0.4 is 10.6 Å². The van der Waals surface area contributed by atoms with Gasteiger partial charge in [0.25, 0.3) is 0 Å². The highest BCUT2D eigenvalue weighted by molar-refractivity contribution is 9.10. The number of hydrogen-bond acceptors (Lipinski definition) is 5. The normalized spacial score (nSPS) is 11.2. The summed E-state index contributed by atoms with van der Waals surface area (Å²) >= 11 is 3.48. The molecule has 0 saturated heterocycles. The average molecular weight is 344 g/mol. The third kappa shape index (κ3) is 6.05. The van der Waals surface area contributed by atoms with Crippen LogP contribution in [-0.2, 0) is 0 Å². The van der Waals surface area contributed by atoms with Crippen molar-refractivity contribution in [1.29, 1.82) is 0 Å². The molecular formula is C14H26BrN5. The maximum Gasteiger partial charge on any atom is 0.224 e. The second-order valence-corrected chi connectivity index (χ2v) is 6.03. The lowest BCUT2D eigenvalue weighted by Crippen LogP contribution is -2.28. The van der Waals surface area contributed by atoms with E-state index < -0.39 is 0 Å². The topological polar surface area (TPSA) is 53.1 Å². The largest absolute Gasteiger partial charge is 0.369 e. The zero-order valence-corrected chi connectivity index (χ0v) is 14.5. The summed E-state index contributed by atoms with van der Waals surface area (Å²) in [5.74, 6) is 1.53. The Labute approximate surface area is 130 Å². The van der Waals surface area contributed by atoms with E-state index in [1.807, 2.05) is 0 Å². The van der Waals surface area contributed by atoms with Crippen LogP contribution in [0.5, 0.6) is 0 Å². The quantitative estimate of drug-likeness (QED) is 0.674. The van der Waals surface area contributed by atoms with Gasteiger partial charge in [-0.05, 0) is 56.2 Å². The van der Waals surface area contributed by atoms with Gasteiger partial charge in [-0.3, -0.25) is 0 Å². The van der Waals surface area contributed by atoms with Crippen LogP contribution >= 0.6 is 15.9 Å². The van der Waals surface area contributed by atoms with Crippen LogP contribution in [0, 0.1) is 0 Å². The van der Waals surface area contributed by atoms with Crippen molar-refractivity contribution in [3.8, 4) is 0 Å². The molecule has 1 rings (SSSR count). The molecule has 1 aromatic rings. The number of aromatic nitrogens is 2. The van der Waals surface area contributed by atoms with Crippen LogP contribution in [0.2, 0.25) is 0 Å². The van der Waals surface area contributed by atoms with Crippen LogP contribution in [0.25, 0.3) is 0 Å². The molecular weight excluding hydrogens is 318 g/mol. The fourth-order valence-corrected chi connectivity index (χ4v) is 1.94. The van der Waals surface area contributed by atoms with Crippen molar-refractivity contribution in [3.05, 3.63) is 10.7 Å².